The summed E-state index contributed by atoms with van der Waals surface area (Å²) in [7, 11) is 0. The van der Waals surface area contributed by atoms with E-state index < -0.39 is 11.5 Å². The van der Waals surface area contributed by atoms with E-state index in [0.717, 1.165) is 18.9 Å². The minimum atomic E-state index is -1.70. The molecule has 0 radical (unpaired) electrons. The molecule has 64 valence electrons. The summed E-state index contributed by atoms with van der Waals surface area (Å²) in [5.74, 6) is -0.508. The van der Waals surface area contributed by atoms with Crippen molar-refractivity contribution in [3.63, 3.8) is 0 Å². The Morgan fingerprint density at radius 1 is 1.73 bits per heavy atom. The number of hydrogen-bond acceptors (Lipinski definition) is 1. The first-order valence-corrected chi connectivity index (χ1v) is 3.90. The molecule has 0 heterocycles. The third kappa shape index (κ3) is 3.30. The number of carbonyl (C=O) groups is 1. The molecular weight excluding hydrogens is 143 g/mol. The van der Waals surface area contributed by atoms with Gasteiger partial charge in [0.2, 0.25) is 0 Å². The van der Waals surface area contributed by atoms with Crippen molar-refractivity contribution in [2.75, 3.05) is 0 Å². The Morgan fingerprint density at radius 2 is 2.27 bits per heavy atom. The SMILES string of the molecule is C=CC(=O)C(C)(F)CCCC. The van der Waals surface area contributed by atoms with Crippen molar-refractivity contribution in [2.24, 2.45) is 0 Å². The van der Waals surface area contributed by atoms with Gasteiger partial charge < -0.3 is 0 Å². The second-order valence-corrected chi connectivity index (χ2v) is 2.87. The highest BCUT2D eigenvalue weighted by molar-refractivity contribution is 5.96. The van der Waals surface area contributed by atoms with E-state index in [1.54, 1.807) is 0 Å². The second kappa shape index (κ2) is 4.27. The van der Waals surface area contributed by atoms with Crippen molar-refractivity contribution >= 4 is 5.78 Å². The van der Waals surface area contributed by atoms with E-state index in [1.165, 1.54) is 6.92 Å². The van der Waals surface area contributed by atoms with Crippen LogP contribution in [0, 0.1) is 0 Å². The summed E-state index contributed by atoms with van der Waals surface area (Å²) in [6.45, 7) is 6.52. The summed E-state index contributed by atoms with van der Waals surface area (Å²) in [6.07, 6.45) is 3.00. The standard InChI is InChI=1S/C9H15FO/c1-4-6-7-9(3,10)8(11)5-2/h5H,2,4,6-7H2,1,3H3. The second-order valence-electron chi connectivity index (χ2n) is 2.87. The van der Waals surface area contributed by atoms with Gasteiger partial charge in [-0.1, -0.05) is 26.3 Å². The van der Waals surface area contributed by atoms with Crippen LogP contribution in [0.5, 0.6) is 0 Å². The van der Waals surface area contributed by atoms with Crippen LogP contribution in [0.2, 0.25) is 0 Å². The first kappa shape index (κ1) is 10.3. The molecule has 0 aromatic heterocycles. The highest BCUT2D eigenvalue weighted by atomic mass is 19.1. The highest BCUT2D eigenvalue weighted by Crippen LogP contribution is 2.19. The van der Waals surface area contributed by atoms with E-state index in [-0.39, 0.29) is 0 Å². The predicted molar refractivity (Wildman–Crippen MR) is 44.2 cm³/mol. The van der Waals surface area contributed by atoms with Crippen molar-refractivity contribution in [2.45, 2.75) is 38.8 Å². The van der Waals surface area contributed by atoms with Gasteiger partial charge in [-0.3, -0.25) is 4.79 Å². The molecule has 1 unspecified atom stereocenters. The molecule has 2 heteroatoms. The summed E-state index contributed by atoms with van der Waals surface area (Å²) >= 11 is 0. The maximum atomic E-state index is 13.3. The number of halogens is 1. The average Bonchev–Trinajstić information content (AvgIpc) is 1.99. The molecular formula is C9H15FO. The maximum absolute atomic E-state index is 13.3. The Labute approximate surface area is 67.3 Å². The van der Waals surface area contributed by atoms with Crippen molar-refractivity contribution in [3.05, 3.63) is 12.7 Å². The fourth-order valence-electron chi connectivity index (χ4n) is 0.845. The molecule has 0 amide bonds. The van der Waals surface area contributed by atoms with Crippen LogP contribution in [-0.2, 0) is 4.79 Å². The summed E-state index contributed by atoms with van der Waals surface area (Å²) in [5.41, 5.74) is -1.70. The normalized spacial score (nSPS) is 15.5. The Balaban J connectivity index is 3.98. The van der Waals surface area contributed by atoms with Gasteiger partial charge >= 0.3 is 0 Å². The Hall–Kier alpha value is -0.660. The van der Waals surface area contributed by atoms with Gasteiger partial charge in [0.1, 0.15) is 0 Å². The zero-order valence-electron chi connectivity index (χ0n) is 7.19. The minimum Gasteiger partial charge on any atom is -0.291 e. The monoisotopic (exact) mass is 158 g/mol. The lowest BCUT2D eigenvalue weighted by molar-refractivity contribution is -0.125. The van der Waals surface area contributed by atoms with Gasteiger partial charge in [-0.05, 0) is 19.4 Å². The van der Waals surface area contributed by atoms with Gasteiger partial charge in [-0.15, -0.1) is 0 Å². The molecule has 0 rings (SSSR count). The lowest BCUT2D eigenvalue weighted by Crippen LogP contribution is -2.28. The van der Waals surface area contributed by atoms with E-state index in [4.69, 9.17) is 0 Å². The number of unbranched alkanes of at least 4 members (excludes halogenated alkanes) is 1. The number of alkyl halides is 1. The number of carbonyl (C=O) groups excluding carboxylic acids is 1. The Kier molecular flexibility index (Phi) is 4.01. The fourth-order valence-corrected chi connectivity index (χ4v) is 0.845. The van der Waals surface area contributed by atoms with Crippen LogP contribution in [0.3, 0.4) is 0 Å². The van der Waals surface area contributed by atoms with E-state index in [0.29, 0.717) is 6.42 Å². The van der Waals surface area contributed by atoms with E-state index >= 15 is 0 Å². The largest absolute Gasteiger partial charge is 0.291 e. The third-order valence-corrected chi connectivity index (χ3v) is 1.70. The van der Waals surface area contributed by atoms with Gasteiger partial charge in [0.15, 0.2) is 11.5 Å². The molecule has 0 aliphatic carbocycles. The average molecular weight is 158 g/mol. The highest BCUT2D eigenvalue weighted by Gasteiger charge is 2.29. The summed E-state index contributed by atoms with van der Waals surface area (Å²) in [4.78, 5) is 10.8. The van der Waals surface area contributed by atoms with Crippen molar-refractivity contribution in [1.29, 1.82) is 0 Å². The quantitative estimate of drug-likeness (QED) is 0.562. The van der Waals surface area contributed by atoms with Gasteiger partial charge in [0, 0.05) is 0 Å². The van der Waals surface area contributed by atoms with Gasteiger partial charge in [-0.25, -0.2) is 4.39 Å². The van der Waals surface area contributed by atoms with E-state index in [2.05, 4.69) is 6.58 Å². The zero-order valence-corrected chi connectivity index (χ0v) is 7.19. The lowest BCUT2D eigenvalue weighted by atomic mass is 9.96. The van der Waals surface area contributed by atoms with Crippen LogP contribution in [-0.4, -0.2) is 11.5 Å². The van der Waals surface area contributed by atoms with Crippen LogP contribution in [0.4, 0.5) is 4.39 Å². The molecule has 0 bridgehead atoms. The molecule has 11 heavy (non-hydrogen) atoms. The maximum Gasteiger partial charge on any atom is 0.191 e. The molecule has 0 aromatic carbocycles. The smallest absolute Gasteiger partial charge is 0.191 e. The van der Waals surface area contributed by atoms with Crippen molar-refractivity contribution in [1.82, 2.24) is 0 Å². The van der Waals surface area contributed by atoms with Crippen molar-refractivity contribution < 1.29 is 9.18 Å². The topological polar surface area (TPSA) is 17.1 Å². The number of ketones is 1. The minimum absolute atomic E-state index is 0.300. The molecule has 0 aromatic rings. The third-order valence-electron chi connectivity index (χ3n) is 1.70. The van der Waals surface area contributed by atoms with Gasteiger partial charge in [0.25, 0.3) is 0 Å². The summed E-state index contributed by atoms with van der Waals surface area (Å²) < 4.78 is 13.3. The van der Waals surface area contributed by atoms with E-state index in [9.17, 15) is 9.18 Å². The summed E-state index contributed by atoms with van der Waals surface area (Å²) in [6, 6.07) is 0. The van der Waals surface area contributed by atoms with Crippen LogP contribution in [0.15, 0.2) is 12.7 Å². The first-order chi connectivity index (χ1) is 5.04. The van der Waals surface area contributed by atoms with Crippen LogP contribution in [0.1, 0.15) is 33.1 Å². The van der Waals surface area contributed by atoms with Gasteiger partial charge in [-0.2, -0.15) is 0 Å². The van der Waals surface area contributed by atoms with Gasteiger partial charge in [0.05, 0.1) is 0 Å². The Morgan fingerprint density at radius 3 is 2.64 bits per heavy atom. The Bertz CT molecular complexity index is 150. The van der Waals surface area contributed by atoms with Crippen LogP contribution < -0.4 is 0 Å². The van der Waals surface area contributed by atoms with Crippen molar-refractivity contribution in [3.8, 4) is 0 Å². The molecule has 0 saturated heterocycles. The molecule has 0 fully saturated rings. The number of hydrogen-bond donors (Lipinski definition) is 0. The fraction of sp³-hybridized carbons (Fsp3) is 0.667. The molecule has 1 nitrogen and oxygen atoms in total. The molecule has 0 N–H and O–H groups in total. The molecule has 0 spiro atoms. The number of allylic oxidation sites excluding steroid dienone is 1. The molecule has 0 saturated carbocycles. The first-order valence-electron chi connectivity index (χ1n) is 3.90. The molecule has 0 aliphatic heterocycles. The molecule has 1 atom stereocenters. The number of rotatable bonds is 5. The zero-order chi connectivity index (χ0) is 8.91. The van der Waals surface area contributed by atoms with E-state index in [1.807, 2.05) is 6.92 Å². The van der Waals surface area contributed by atoms with Crippen LogP contribution in [0.25, 0.3) is 0 Å². The van der Waals surface area contributed by atoms with Crippen LogP contribution >= 0.6 is 0 Å². The molecule has 0 aliphatic rings. The summed E-state index contributed by atoms with van der Waals surface area (Å²) in [5, 5.41) is 0. The predicted octanol–water partition coefficient (Wildman–Crippen LogP) is 2.66. The lowest BCUT2D eigenvalue weighted by Gasteiger charge is -2.15.